The van der Waals surface area contributed by atoms with Gasteiger partial charge in [0.1, 0.15) is 5.75 Å². The molecule has 1 fully saturated rings. The van der Waals surface area contributed by atoms with Gasteiger partial charge in [-0.1, -0.05) is 19.4 Å². The Morgan fingerprint density at radius 3 is 3.06 bits per heavy atom. The molecule has 0 spiro atoms. The Kier molecular flexibility index (Phi) is 4.48. The van der Waals surface area contributed by atoms with Gasteiger partial charge >= 0.3 is 0 Å². The number of hydrogen-bond donors (Lipinski definition) is 1. The zero-order valence-corrected chi connectivity index (χ0v) is 11.4. The van der Waals surface area contributed by atoms with Crippen LogP contribution in [0.2, 0.25) is 0 Å². The fourth-order valence-corrected chi connectivity index (χ4v) is 2.75. The van der Waals surface area contributed by atoms with E-state index in [2.05, 4.69) is 24.0 Å². The summed E-state index contributed by atoms with van der Waals surface area (Å²) in [6, 6.07) is 8.64. The summed E-state index contributed by atoms with van der Waals surface area (Å²) in [5.74, 6) is 1.56. The first-order valence-electron chi connectivity index (χ1n) is 6.89. The minimum atomic E-state index is 0.352. The van der Waals surface area contributed by atoms with E-state index in [0.717, 1.165) is 25.3 Å². The van der Waals surface area contributed by atoms with Gasteiger partial charge in [0.2, 0.25) is 0 Å². The average Bonchev–Trinajstić information content (AvgIpc) is 2.89. The molecular weight excluding hydrogens is 224 g/mol. The largest absolute Gasteiger partial charge is 0.497 e. The van der Waals surface area contributed by atoms with Crippen molar-refractivity contribution in [1.82, 2.24) is 0 Å². The van der Waals surface area contributed by atoms with Crippen LogP contribution in [0.15, 0.2) is 24.3 Å². The molecule has 1 aliphatic heterocycles. The van der Waals surface area contributed by atoms with E-state index in [4.69, 9.17) is 10.5 Å². The molecule has 3 nitrogen and oxygen atoms in total. The molecule has 1 heterocycles. The monoisotopic (exact) mass is 248 g/mol. The highest BCUT2D eigenvalue weighted by Gasteiger charge is 2.27. The third-order valence-electron chi connectivity index (χ3n) is 3.87. The third-order valence-corrected chi connectivity index (χ3v) is 3.87. The molecule has 100 valence electrons. The topological polar surface area (TPSA) is 38.5 Å². The summed E-state index contributed by atoms with van der Waals surface area (Å²) in [6.45, 7) is 4.39. The highest BCUT2D eigenvalue weighted by molar-refractivity contribution is 5.51. The molecule has 1 aromatic rings. The Morgan fingerprint density at radius 2 is 2.33 bits per heavy atom. The van der Waals surface area contributed by atoms with Crippen molar-refractivity contribution in [3.05, 3.63) is 24.3 Å². The Labute approximate surface area is 110 Å². The van der Waals surface area contributed by atoms with Crippen LogP contribution >= 0.6 is 0 Å². The Hall–Kier alpha value is -1.22. The average molecular weight is 248 g/mol. The van der Waals surface area contributed by atoms with E-state index in [0.29, 0.717) is 12.0 Å². The van der Waals surface area contributed by atoms with Crippen molar-refractivity contribution in [2.45, 2.75) is 32.2 Å². The molecule has 1 aliphatic rings. The number of rotatable bonds is 5. The van der Waals surface area contributed by atoms with Crippen molar-refractivity contribution in [2.75, 3.05) is 25.1 Å². The molecule has 0 radical (unpaired) electrons. The lowest BCUT2D eigenvalue weighted by atomic mass is 9.96. The first kappa shape index (κ1) is 13.2. The van der Waals surface area contributed by atoms with Gasteiger partial charge in [-0.05, 0) is 30.9 Å². The van der Waals surface area contributed by atoms with Crippen LogP contribution in [0.4, 0.5) is 5.69 Å². The summed E-state index contributed by atoms with van der Waals surface area (Å²) in [4.78, 5) is 2.42. The molecule has 2 atom stereocenters. The number of hydrogen-bond acceptors (Lipinski definition) is 3. The van der Waals surface area contributed by atoms with Crippen molar-refractivity contribution in [3.8, 4) is 5.75 Å². The highest BCUT2D eigenvalue weighted by Crippen LogP contribution is 2.28. The maximum Gasteiger partial charge on any atom is 0.120 e. The molecule has 0 amide bonds. The molecule has 18 heavy (non-hydrogen) atoms. The van der Waals surface area contributed by atoms with Crippen molar-refractivity contribution >= 4 is 5.69 Å². The van der Waals surface area contributed by atoms with E-state index in [1.807, 2.05) is 12.1 Å². The Bertz CT molecular complexity index is 381. The lowest BCUT2D eigenvalue weighted by Gasteiger charge is -2.22. The van der Waals surface area contributed by atoms with Crippen LogP contribution in [-0.2, 0) is 0 Å². The second kappa shape index (κ2) is 6.10. The van der Waals surface area contributed by atoms with Crippen LogP contribution < -0.4 is 15.4 Å². The van der Waals surface area contributed by atoms with Gasteiger partial charge in [0.15, 0.2) is 0 Å². The normalized spacial score (nSPS) is 21.1. The van der Waals surface area contributed by atoms with Crippen LogP contribution in [0.3, 0.4) is 0 Å². The van der Waals surface area contributed by atoms with Crippen molar-refractivity contribution in [1.29, 1.82) is 0 Å². The molecule has 0 aromatic heterocycles. The molecule has 2 unspecified atom stereocenters. The van der Waals surface area contributed by atoms with Gasteiger partial charge in [0.25, 0.3) is 0 Å². The van der Waals surface area contributed by atoms with Gasteiger partial charge < -0.3 is 15.4 Å². The van der Waals surface area contributed by atoms with Gasteiger partial charge in [-0.15, -0.1) is 0 Å². The minimum absolute atomic E-state index is 0.352. The Morgan fingerprint density at radius 1 is 1.50 bits per heavy atom. The number of nitrogens with zero attached hydrogens (tertiary/aromatic N) is 1. The standard InChI is InChI=1S/C15H24N2O/c1-3-5-15(16)12-8-9-17(11-12)13-6-4-7-14(10-13)18-2/h4,6-7,10,12,15H,3,5,8-9,11,16H2,1-2H3. The number of methoxy groups -OCH3 is 1. The molecule has 2 N–H and O–H groups in total. The molecule has 3 heteroatoms. The van der Waals surface area contributed by atoms with Gasteiger partial charge in [0.05, 0.1) is 7.11 Å². The lowest BCUT2D eigenvalue weighted by Crippen LogP contribution is -2.32. The summed E-state index contributed by atoms with van der Waals surface area (Å²) in [5, 5.41) is 0. The number of ether oxygens (including phenoxy) is 1. The Balaban J connectivity index is 1.99. The zero-order chi connectivity index (χ0) is 13.0. The smallest absolute Gasteiger partial charge is 0.120 e. The van der Waals surface area contributed by atoms with Gasteiger partial charge in [0, 0.05) is 30.9 Å². The molecule has 2 rings (SSSR count). The second-order valence-electron chi connectivity index (χ2n) is 5.15. The fraction of sp³-hybridized carbons (Fsp3) is 0.600. The van der Waals surface area contributed by atoms with E-state index < -0.39 is 0 Å². The summed E-state index contributed by atoms with van der Waals surface area (Å²) in [6.07, 6.45) is 3.52. The molecule has 0 aliphatic carbocycles. The van der Waals surface area contributed by atoms with E-state index in [1.54, 1.807) is 7.11 Å². The summed E-state index contributed by atoms with van der Waals surface area (Å²) in [7, 11) is 1.71. The highest BCUT2D eigenvalue weighted by atomic mass is 16.5. The van der Waals surface area contributed by atoms with E-state index in [9.17, 15) is 0 Å². The summed E-state index contributed by atoms with van der Waals surface area (Å²) >= 11 is 0. The van der Waals surface area contributed by atoms with E-state index >= 15 is 0 Å². The van der Waals surface area contributed by atoms with Crippen molar-refractivity contribution < 1.29 is 4.74 Å². The summed E-state index contributed by atoms with van der Waals surface area (Å²) < 4.78 is 5.28. The molecule has 1 saturated heterocycles. The molecular formula is C15H24N2O. The van der Waals surface area contributed by atoms with Crippen LogP contribution in [0.1, 0.15) is 26.2 Å². The van der Waals surface area contributed by atoms with Gasteiger partial charge in [-0.3, -0.25) is 0 Å². The second-order valence-corrected chi connectivity index (χ2v) is 5.15. The van der Waals surface area contributed by atoms with E-state index in [-0.39, 0.29) is 0 Å². The van der Waals surface area contributed by atoms with Crippen LogP contribution in [0.25, 0.3) is 0 Å². The maximum atomic E-state index is 6.23. The summed E-state index contributed by atoms with van der Waals surface area (Å²) in [5.41, 5.74) is 7.49. The van der Waals surface area contributed by atoms with Crippen LogP contribution in [0, 0.1) is 5.92 Å². The number of anilines is 1. The number of nitrogens with two attached hydrogens (primary N) is 1. The van der Waals surface area contributed by atoms with Crippen molar-refractivity contribution in [2.24, 2.45) is 11.7 Å². The molecule has 1 aromatic carbocycles. The maximum absolute atomic E-state index is 6.23. The molecule has 0 saturated carbocycles. The first-order valence-corrected chi connectivity index (χ1v) is 6.89. The third kappa shape index (κ3) is 2.96. The first-order chi connectivity index (χ1) is 8.74. The van der Waals surface area contributed by atoms with Crippen LogP contribution in [0.5, 0.6) is 5.75 Å². The lowest BCUT2D eigenvalue weighted by molar-refractivity contribution is 0.414. The van der Waals surface area contributed by atoms with Gasteiger partial charge in [-0.25, -0.2) is 0 Å². The predicted molar refractivity (Wildman–Crippen MR) is 76.2 cm³/mol. The SMILES string of the molecule is CCCC(N)C1CCN(c2cccc(OC)c2)C1. The quantitative estimate of drug-likeness (QED) is 0.870. The zero-order valence-electron chi connectivity index (χ0n) is 11.4. The van der Waals surface area contributed by atoms with Crippen LogP contribution in [-0.4, -0.2) is 26.2 Å². The predicted octanol–water partition coefficient (Wildman–Crippen LogP) is 2.65. The van der Waals surface area contributed by atoms with E-state index in [1.165, 1.54) is 18.5 Å². The number of benzene rings is 1. The van der Waals surface area contributed by atoms with Gasteiger partial charge in [-0.2, -0.15) is 0 Å². The fourth-order valence-electron chi connectivity index (χ4n) is 2.75. The van der Waals surface area contributed by atoms with Crippen molar-refractivity contribution in [3.63, 3.8) is 0 Å². The molecule has 0 bridgehead atoms. The minimum Gasteiger partial charge on any atom is -0.497 e.